The van der Waals surface area contributed by atoms with Crippen LogP contribution in [0.2, 0.25) is 0 Å². The lowest BCUT2D eigenvalue weighted by molar-refractivity contribution is -0.105. The van der Waals surface area contributed by atoms with Crippen LogP contribution < -0.4 is 0 Å². The molecule has 2 saturated carbocycles. The summed E-state index contributed by atoms with van der Waals surface area (Å²) >= 11 is 0. The second-order valence-corrected chi connectivity index (χ2v) is 6.69. The lowest BCUT2D eigenvalue weighted by Gasteiger charge is -2.44. The zero-order valence-corrected chi connectivity index (χ0v) is 12.4. The largest absolute Gasteiger partial charge is 0.375 e. The summed E-state index contributed by atoms with van der Waals surface area (Å²) in [5.41, 5.74) is 0. The molecule has 112 valence electrons. The average Bonchev–Trinajstić information content (AvgIpc) is 2.38. The Morgan fingerprint density at radius 2 is 1.63 bits per heavy atom. The van der Waals surface area contributed by atoms with Crippen LogP contribution >= 0.6 is 0 Å². The van der Waals surface area contributed by atoms with Crippen molar-refractivity contribution in [1.82, 2.24) is 0 Å². The van der Waals surface area contributed by atoms with Crippen molar-refractivity contribution in [2.24, 2.45) is 23.7 Å². The smallest absolute Gasteiger partial charge is 0.157 e. The van der Waals surface area contributed by atoms with Gasteiger partial charge in [0.05, 0.1) is 6.10 Å². The summed E-state index contributed by atoms with van der Waals surface area (Å²) < 4.78 is 34.0. The Morgan fingerprint density at radius 1 is 1.00 bits per heavy atom. The van der Waals surface area contributed by atoms with E-state index in [1.54, 1.807) is 0 Å². The molecular formula is C16H28F2O. The van der Waals surface area contributed by atoms with E-state index in [4.69, 9.17) is 4.74 Å². The summed E-state index contributed by atoms with van der Waals surface area (Å²) in [6.07, 6.45) is 1.86. The molecule has 1 nitrogen and oxygen atoms in total. The Balaban J connectivity index is 2.01. The van der Waals surface area contributed by atoms with E-state index in [1.165, 1.54) is 12.8 Å². The minimum Gasteiger partial charge on any atom is -0.375 e. The van der Waals surface area contributed by atoms with Gasteiger partial charge in [0.15, 0.2) is 6.17 Å². The SMILES string of the molecule is CCOC1CC(C)C(C2CCC(C)CC2)C(F)C1F. The molecule has 0 aromatic heterocycles. The maximum absolute atomic E-state index is 14.5. The van der Waals surface area contributed by atoms with Gasteiger partial charge in [-0.15, -0.1) is 0 Å². The molecule has 2 aliphatic rings. The number of hydrogen-bond donors (Lipinski definition) is 0. The molecule has 3 heteroatoms. The predicted molar refractivity (Wildman–Crippen MR) is 73.6 cm³/mol. The fraction of sp³-hybridized carbons (Fsp3) is 1.00. The fourth-order valence-electron chi connectivity index (χ4n) is 4.15. The van der Waals surface area contributed by atoms with Crippen LogP contribution in [0.15, 0.2) is 0 Å². The van der Waals surface area contributed by atoms with E-state index >= 15 is 0 Å². The Labute approximate surface area is 116 Å². The van der Waals surface area contributed by atoms with Crippen molar-refractivity contribution in [3.63, 3.8) is 0 Å². The van der Waals surface area contributed by atoms with Crippen LogP contribution in [0, 0.1) is 23.7 Å². The van der Waals surface area contributed by atoms with Crippen molar-refractivity contribution >= 4 is 0 Å². The van der Waals surface area contributed by atoms with E-state index in [0.717, 1.165) is 18.8 Å². The molecule has 2 fully saturated rings. The van der Waals surface area contributed by atoms with Crippen LogP contribution in [-0.2, 0) is 4.74 Å². The highest BCUT2D eigenvalue weighted by Crippen LogP contribution is 2.45. The summed E-state index contributed by atoms with van der Waals surface area (Å²) in [5.74, 6) is 1.27. The van der Waals surface area contributed by atoms with E-state index < -0.39 is 18.4 Å². The highest BCUT2D eigenvalue weighted by atomic mass is 19.2. The molecule has 2 aliphatic carbocycles. The molecule has 0 N–H and O–H groups in total. The monoisotopic (exact) mass is 274 g/mol. The van der Waals surface area contributed by atoms with Gasteiger partial charge in [-0.05, 0) is 49.9 Å². The molecule has 2 rings (SSSR count). The Hall–Kier alpha value is -0.180. The summed E-state index contributed by atoms with van der Waals surface area (Å²) in [6.45, 7) is 6.65. The van der Waals surface area contributed by atoms with Crippen molar-refractivity contribution < 1.29 is 13.5 Å². The molecule has 0 amide bonds. The topological polar surface area (TPSA) is 9.23 Å². The lowest BCUT2D eigenvalue weighted by Crippen LogP contribution is -2.49. The zero-order valence-electron chi connectivity index (χ0n) is 12.4. The standard InChI is InChI=1S/C16H28F2O/c1-4-19-13-9-11(3)14(16(18)15(13)17)12-7-5-10(2)6-8-12/h10-16H,4-9H2,1-3H3. The second kappa shape index (κ2) is 6.51. The first-order valence-electron chi connectivity index (χ1n) is 7.94. The third-order valence-electron chi connectivity index (χ3n) is 5.27. The number of rotatable bonds is 3. The van der Waals surface area contributed by atoms with Gasteiger partial charge < -0.3 is 4.74 Å². The molecule has 0 aromatic rings. The Bertz CT molecular complexity index is 276. The van der Waals surface area contributed by atoms with Gasteiger partial charge in [-0.2, -0.15) is 0 Å². The van der Waals surface area contributed by atoms with Crippen molar-refractivity contribution in [2.75, 3.05) is 6.61 Å². The summed E-state index contributed by atoms with van der Waals surface area (Å²) in [7, 11) is 0. The van der Waals surface area contributed by atoms with Gasteiger partial charge in [0.2, 0.25) is 0 Å². The van der Waals surface area contributed by atoms with E-state index in [0.29, 0.717) is 18.9 Å². The summed E-state index contributed by atoms with van der Waals surface area (Å²) in [4.78, 5) is 0. The number of alkyl halides is 2. The maximum atomic E-state index is 14.5. The van der Waals surface area contributed by atoms with Gasteiger partial charge >= 0.3 is 0 Å². The van der Waals surface area contributed by atoms with E-state index in [2.05, 4.69) is 13.8 Å². The molecule has 0 heterocycles. The van der Waals surface area contributed by atoms with Gasteiger partial charge in [0, 0.05) is 6.61 Å². The van der Waals surface area contributed by atoms with Crippen molar-refractivity contribution in [3.05, 3.63) is 0 Å². The van der Waals surface area contributed by atoms with Crippen LogP contribution in [0.25, 0.3) is 0 Å². The maximum Gasteiger partial charge on any atom is 0.157 e. The molecule has 0 radical (unpaired) electrons. The minimum absolute atomic E-state index is 0.0980. The fourth-order valence-corrected chi connectivity index (χ4v) is 4.15. The summed E-state index contributed by atoms with van der Waals surface area (Å²) in [5, 5.41) is 0. The van der Waals surface area contributed by atoms with Gasteiger partial charge in [0.1, 0.15) is 6.17 Å². The first-order chi connectivity index (χ1) is 9.04. The normalized spacial score (nSPS) is 48.2. The molecule has 0 aromatic carbocycles. The van der Waals surface area contributed by atoms with Crippen molar-refractivity contribution in [3.8, 4) is 0 Å². The predicted octanol–water partition coefficient (Wildman–Crippen LogP) is 4.55. The third kappa shape index (κ3) is 3.29. The van der Waals surface area contributed by atoms with Crippen molar-refractivity contribution in [1.29, 1.82) is 0 Å². The van der Waals surface area contributed by atoms with E-state index in [1.807, 2.05) is 6.92 Å². The molecule has 5 atom stereocenters. The van der Waals surface area contributed by atoms with Crippen LogP contribution in [0.3, 0.4) is 0 Å². The molecule has 5 unspecified atom stereocenters. The first-order valence-corrected chi connectivity index (χ1v) is 7.94. The third-order valence-corrected chi connectivity index (χ3v) is 5.27. The minimum atomic E-state index is -1.43. The van der Waals surface area contributed by atoms with E-state index in [-0.39, 0.29) is 11.8 Å². The number of ether oxygens (including phenoxy) is 1. The molecule has 19 heavy (non-hydrogen) atoms. The average molecular weight is 274 g/mol. The van der Waals surface area contributed by atoms with Gasteiger partial charge in [-0.3, -0.25) is 0 Å². The van der Waals surface area contributed by atoms with Gasteiger partial charge in [0.25, 0.3) is 0 Å². The molecule has 0 spiro atoms. The number of halogens is 2. The Morgan fingerprint density at radius 3 is 2.21 bits per heavy atom. The zero-order chi connectivity index (χ0) is 14.0. The Kier molecular flexibility index (Phi) is 5.22. The van der Waals surface area contributed by atoms with Gasteiger partial charge in [-0.1, -0.05) is 26.7 Å². The van der Waals surface area contributed by atoms with Gasteiger partial charge in [-0.25, -0.2) is 8.78 Å². The molecular weight excluding hydrogens is 246 g/mol. The quantitative estimate of drug-likeness (QED) is 0.733. The van der Waals surface area contributed by atoms with E-state index in [9.17, 15) is 8.78 Å². The molecule has 0 bridgehead atoms. The second-order valence-electron chi connectivity index (χ2n) is 6.69. The highest BCUT2D eigenvalue weighted by molar-refractivity contribution is 4.95. The highest BCUT2D eigenvalue weighted by Gasteiger charge is 2.47. The number of hydrogen-bond acceptors (Lipinski definition) is 1. The van der Waals surface area contributed by atoms with Crippen LogP contribution in [0.4, 0.5) is 8.78 Å². The molecule has 0 saturated heterocycles. The summed E-state index contributed by atoms with van der Waals surface area (Å²) in [6, 6.07) is 0. The van der Waals surface area contributed by atoms with Crippen molar-refractivity contribution in [2.45, 2.75) is 71.3 Å². The molecule has 0 aliphatic heterocycles. The van der Waals surface area contributed by atoms with Crippen LogP contribution in [-0.4, -0.2) is 25.1 Å². The van der Waals surface area contributed by atoms with Crippen LogP contribution in [0.1, 0.15) is 52.9 Å². The lowest BCUT2D eigenvalue weighted by atomic mass is 9.65. The first kappa shape index (κ1) is 15.2. The van der Waals surface area contributed by atoms with Crippen LogP contribution in [0.5, 0.6) is 0 Å².